The van der Waals surface area contributed by atoms with Crippen LogP contribution < -0.4 is 0 Å². The molecule has 7 nitrogen and oxygen atoms in total. The number of aromatic nitrogens is 1. The van der Waals surface area contributed by atoms with E-state index in [-0.39, 0.29) is 23.7 Å². The Kier molecular flexibility index (Phi) is 7.85. The number of hydrogen-bond donors (Lipinski definition) is 2. The van der Waals surface area contributed by atoms with E-state index >= 15 is 0 Å². The van der Waals surface area contributed by atoms with Gasteiger partial charge in [-0.05, 0) is 44.8 Å². The van der Waals surface area contributed by atoms with E-state index in [1.807, 2.05) is 19.9 Å². The lowest BCUT2D eigenvalue weighted by Crippen LogP contribution is -2.40. The third-order valence-electron chi connectivity index (χ3n) is 6.34. The zero-order chi connectivity index (χ0) is 23.4. The molecule has 7 heteroatoms. The number of allylic oxidation sites excluding steroid dienone is 1. The fourth-order valence-electron chi connectivity index (χ4n) is 4.33. The molecule has 2 N–H and O–H groups in total. The molecule has 0 aromatic carbocycles. The lowest BCUT2D eigenvalue weighted by molar-refractivity contribution is -0.149. The number of ketones is 1. The van der Waals surface area contributed by atoms with Crippen LogP contribution in [0.4, 0.5) is 0 Å². The molecule has 1 aromatic heterocycles. The van der Waals surface area contributed by atoms with Gasteiger partial charge in [-0.15, -0.1) is 0 Å². The highest BCUT2D eigenvalue weighted by molar-refractivity contribution is 5.99. The van der Waals surface area contributed by atoms with Gasteiger partial charge in [0.05, 0.1) is 18.6 Å². The third-order valence-corrected chi connectivity index (χ3v) is 6.34. The van der Waals surface area contributed by atoms with Crippen LogP contribution in [0.15, 0.2) is 39.6 Å². The number of oxazole rings is 1. The van der Waals surface area contributed by atoms with Crippen molar-refractivity contribution < 1.29 is 29.0 Å². The minimum Gasteiger partial charge on any atom is -0.457 e. The number of aryl methyl sites for hydroxylation is 1. The van der Waals surface area contributed by atoms with E-state index in [9.17, 15) is 19.8 Å². The summed E-state index contributed by atoms with van der Waals surface area (Å²) in [6.45, 7) is 7.33. The summed E-state index contributed by atoms with van der Waals surface area (Å²) in [4.78, 5) is 29.6. The van der Waals surface area contributed by atoms with Gasteiger partial charge in [0.2, 0.25) is 0 Å². The number of fused-ring (bicyclic) bond motifs is 1. The van der Waals surface area contributed by atoms with Gasteiger partial charge in [-0.25, -0.2) is 4.98 Å². The van der Waals surface area contributed by atoms with Crippen LogP contribution in [0, 0.1) is 18.8 Å². The minimum absolute atomic E-state index is 0.205. The normalized spacial score (nSPS) is 32.4. The topological polar surface area (TPSA) is 110 Å². The quantitative estimate of drug-likeness (QED) is 0.530. The van der Waals surface area contributed by atoms with Crippen LogP contribution in [-0.4, -0.2) is 45.3 Å². The molecule has 0 radical (unpaired) electrons. The van der Waals surface area contributed by atoms with Crippen LogP contribution in [0.1, 0.15) is 64.5 Å². The van der Waals surface area contributed by atoms with Crippen molar-refractivity contribution in [3.8, 4) is 0 Å². The van der Waals surface area contributed by atoms with E-state index < -0.39 is 30.2 Å². The molecule has 0 saturated carbocycles. The number of rotatable bonds is 2. The summed E-state index contributed by atoms with van der Waals surface area (Å²) in [6.07, 6.45) is 7.11. The van der Waals surface area contributed by atoms with Crippen LogP contribution in [0.5, 0.6) is 0 Å². The molecule has 1 aromatic rings. The van der Waals surface area contributed by atoms with Crippen molar-refractivity contribution in [2.45, 2.75) is 78.1 Å². The summed E-state index contributed by atoms with van der Waals surface area (Å²) < 4.78 is 11.0. The zero-order valence-electron chi connectivity index (χ0n) is 19.2. The molecule has 1 aliphatic heterocycles. The lowest BCUT2D eigenvalue weighted by atomic mass is 9.76. The van der Waals surface area contributed by atoms with Gasteiger partial charge in [-0.1, -0.05) is 24.6 Å². The van der Waals surface area contributed by atoms with Gasteiger partial charge < -0.3 is 19.4 Å². The van der Waals surface area contributed by atoms with E-state index in [0.29, 0.717) is 24.4 Å². The zero-order valence-corrected chi connectivity index (χ0v) is 19.2. The maximum absolute atomic E-state index is 12.7. The predicted octanol–water partition coefficient (Wildman–Crippen LogP) is 3.69. The second-order valence-electron chi connectivity index (χ2n) is 8.99. The Hall–Kier alpha value is -2.51. The van der Waals surface area contributed by atoms with Gasteiger partial charge in [0, 0.05) is 30.8 Å². The van der Waals surface area contributed by atoms with E-state index in [4.69, 9.17) is 9.15 Å². The Balaban J connectivity index is 1.86. The monoisotopic (exact) mass is 443 g/mol. The Bertz CT molecular complexity index is 940. The maximum atomic E-state index is 12.7. The number of cyclic esters (lactones) is 1. The molecule has 5 atom stereocenters. The van der Waals surface area contributed by atoms with Gasteiger partial charge in [0.15, 0.2) is 11.7 Å². The maximum Gasteiger partial charge on any atom is 0.309 e. The second-order valence-corrected chi connectivity index (χ2v) is 8.99. The van der Waals surface area contributed by atoms with Crippen LogP contribution >= 0.6 is 0 Å². The molecular weight excluding hydrogens is 410 g/mol. The fraction of sp³-hybridized carbons (Fsp3) is 0.560. The minimum atomic E-state index is -1.25. The Morgan fingerprint density at radius 3 is 2.69 bits per heavy atom. The number of carbonyl (C=O) groups is 2. The van der Waals surface area contributed by atoms with Crippen molar-refractivity contribution in [1.82, 2.24) is 4.98 Å². The molecule has 2 heterocycles. The number of carbonyl (C=O) groups excluding carboxylic acids is 2. The summed E-state index contributed by atoms with van der Waals surface area (Å²) in [5.41, 5.74) is 2.83. The van der Waals surface area contributed by atoms with Crippen molar-refractivity contribution in [3.05, 3.63) is 46.7 Å². The SMILES string of the molecule is C/C1=C/C[C@@H](/C(C)=C/c2coc(C)n2)OC(=O)C[C@H](O)C2=C[C@@H](CCC1)[C@H](O)[C@@H](C)C2=O. The van der Waals surface area contributed by atoms with Crippen LogP contribution in [0.3, 0.4) is 0 Å². The lowest BCUT2D eigenvalue weighted by Gasteiger charge is -2.32. The molecule has 0 unspecified atom stereocenters. The average Bonchev–Trinajstić information content (AvgIpc) is 3.14. The number of aliphatic hydroxyl groups is 2. The van der Waals surface area contributed by atoms with Crippen molar-refractivity contribution in [2.24, 2.45) is 11.8 Å². The second kappa shape index (κ2) is 10.4. The van der Waals surface area contributed by atoms with E-state index in [1.54, 1.807) is 26.2 Å². The fourth-order valence-corrected chi connectivity index (χ4v) is 4.33. The summed E-state index contributed by atoms with van der Waals surface area (Å²) >= 11 is 0. The highest BCUT2D eigenvalue weighted by Gasteiger charge is 2.38. The van der Waals surface area contributed by atoms with E-state index in [2.05, 4.69) is 11.1 Å². The molecule has 3 rings (SSSR count). The standard InChI is InChI=1S/C25H33NO6/c1-14-6-5-7-18-11-20(25(30)16(3)24(18)29)21(27)12-23(28)32-22(9-8-14)15(2)10-19-13-31-17(4)26-19/h8,10-11,13,16,18,21-22,24,27,29H,5-7,9,12H2,1-4H3/b14-8-,15-10+/t16-,18-,21+,22+,24-/m1/s1. The highest BCUT2D eigenvalue weighted by Crippen LogP contribution is 2.32. The van der Waals surface area contributed by atoms with Crippen molar-refractivity contribution in [3.63, 3.8) is 0 Å². The molecule has 0 amide bonds. The number of hydrogen-bond acceptors (Lipinski definition) is 7. The number of ether oxygens (including phenoxy) is 1. The van der Waals surface area contributed by atoms with Gasteiger partial charge in [0.1, 0.15) is 18.1 Å². The molecule has 174 valence electrons. The van der Waals surface area contributed by atoms with Gasteiger partial charge in [-0.2, -0.15) is 0 Å². The largest absolute Gasteiger partial charge is 0.457 e. The van der Waals surface area contributed by atoms with Crippen LogP contribution in [0.2, 0.25) is 0 Å². The first-order valence-corrected chi connectivity index (χ1v) is 11.2. The molecule has 2 aliphatic rings. The van der Waals surface area contributed by atoms with Crippen LogP contribution in [0.25, 0.3) is 6.08 Å². The summed E-state index contributed by atoms with van der Waals surface area (Å²) in [5, 5.41) is 21.2. The molecule has 2 bridgehead atoms. The summed E-state index contributed by atoms with van der Waals surface area (Å²) in [7, 11) is 0. The molecular formula is C25H33NO6. The molecule has 0 spiro atoms. The molecule has 0 saturated heterocycles. The number of aliphatic hydroxyl groups excluding tert-OH is 2. The number of Topliss-reactive ketones (excluding diaryl/α,β-unsaturated/α-hetero) is 1. The smallest absolute Gasteiger partial charge is 0.309 e. The average molecular weight is 444 g/mol. The van der Waals surface area contributed by atoms with Gasteiger partial charge in [-0.3, -0.25) is 9.59 Å². The van der Waals surface area contributed by atoms with Gasteiger partial charge in [0.25, 0.3) is 0 Å². The predicted molar refractivity (Wildman–Crippen MR) is 119 cm³/mol. The highest BCUT2D eigenvalue weighted by atomic mass is 16.5. The third kappa shape index (κ3) is 5.84. The van der Waals surface area contributed by atoms with Crippen molar-refractivity contribution in [1.29, 1.82) is 0 Å². The molecule has 32 heavy (non-hydrogen) atoms. The Labute approximate surface area is 188 Å². The first-order chi connectivity index (χ1) is 15.2. The summed E-state index contributed by atoms with van der Waals surface area (Å²) in [5.74, 6) is -1.18. The molecule has 0 fully saturated rings. The number of esters is 1. The van der Waals surface area contributed by atoms with E-state index in [0.717, 1.165) is 18.4 Å². The first-order valence-electron chi connectivity index (χ1n) is 11.2. The summed E-state index contributed by atoms with van der Waals surface area (Å²) in [6, 6.07) is 0. The Morgan fingerprint density at radius 2 is 2.00 bits per heavy atom. The number of nitrogens with zero attached hydrogens (tertiary/aromatic N) is 1. The Morgan fingerprint density at radius 1 is 1.25 bits per heavy atom. The van der Waals surface area contributed by atoms with Gasteiger partial charge >= 0.3 is 5.97 Å². The van der Waals surface area contributed by atoms with Crippen LogP contribution in [-0.2, 0) is 14.3 Å². The first kappa shape index (κ1) is 24.1. The van der Waals surface area contributed by atoms with Crippen molar-refractivity contribution in [2.75, 3.05) is 0 Å². The molecule has 1 aliphatic carbocycles. The van der Waals surface area contributed by atoms with E-state index in [1.165, 1.54) is 5.57 Å². The van der Waals surface area contributed by atoms with Crippen molar-refractivity contribution >= 4 is 17.8 Å².